The van der Waals surface area contributed by atoms with Crippen LogP contribution in [0.5, 0.6) is 5.75 Å². The molecule has 0 radical (unpaired) electrons. The number of nitrogens with one attached hydrogen (secondary N) is 1. The van der Waals surface area contributed by atoms with Gasteiger partial charge in [0, 0.05) is 24.5 Å². The van der Waals surface area contributed by atoms with Crippen LogP contribution < -0.4 is 10.1 Å². The third-order valence-corrected chi connectivity index (χ3v) is 2.72. The molecule has 0 bridgehead atoms. The van der Waals surface area contributed by atoms with E-state index < -0.39 is 0 Å². The average molecular weight is 321 g/mol. The number of amides is 1. The molecule has 0 aliphatic heterocycles. The summed E-state index contributed by atoms with van der Waals surface area (Å²) < 4.78 is 5.29. The van der Waals surface area contributed by atoms with Crippen molar-refractivity contribution >= 4 is 21.8 Å². The lowest BCUT2D eigenvalue weighted by Gasteiger charge is -2.07. The second kappa shape index (κ2) is 6.89. The predicted molar refractivity (Wildman–Crippen MR) is 76.3 cm³/mol. The van der Waals surface area contributed by atoms with Crippen LogP contribution in [-0.4, -0.2) is 16.4 Å². The lowest BCUT2D eigenvalue weighted by atomic mass is 10.2. The van der Waals surface area contributed by atoms with Gasteiger partial charge >= 0.3 is 0 Å². The molecular weight excluding hydrogens is 308 g/mol. The van der Waals surface area contributed by atoms with Crippen molar-refractivity contribution in [2.24, 2.45) is 0 Å². The maximum atomic E-state index is 12.0. The van der Waals surface area contributed by atoms with E-state index in [0.29, 0.717) is 23.4 Å². The number of halogens is 1. The molecule has 1 N–H and O–H groups in total. The van der Waals surface area contributed by atoms with Gasteiger partial charge in [-0.1, -0.05) is 12.1 Å². The van der Waals surface area contributed by atoms with E-state index in [9.17, 15) is 4.79 Å². The predicted octanol–water partition coefficient (Wildman–Crippen LogP) is 2.74. The maximum Gasteiger partial charge on any atom is 0.251 e. The van der Waals surface area contributed by atoms with Crippen molar-refractivity contribution in [1.82, 2.24) is 10.3 Å². The zero-order valence-electron chi connectivity index (χ0n) is 10.2. The van der Waals surface area contributed by atoms with Crippen molar-refractivity contribution in [1.29, 1.82) is 0 Å². The van der Waals surface area contributed by atoms with Crippen LogP contribution in [0.15, 0.2) is 48.8 Å². The van der Waals surface area contributed by atoms with E-state index in [2.05, 4.69) is 26.2 Å². The molecule has 0 atom stereocenters. The highest BCUT2D eigenvalue weighted by Gasteiger charge is 2.06. The number of aromatic nitrogens is 1. The topological polar surface area (TPSA) is 51.2 Å². The first-order chi connectivity index (χ1) is 9.29. The Hall–Kier alpha value is -1.88. The SMILES string of the molecule is O=C(NCc1cccnc1)c1cccc(OCBr)c1. The van der Waals surface area contributed by atoms with E-state index in [-0.39, 0.29) is 5.91 Å². The summed E-state index contributed by atoms with van der Waals surface area (Å²) in [5.74, 6) is 0.523. The molecule has 1 heterocycles. The van der Waals surface area contributed by atoms with Gasteiger partial charge in [0.2, 0.25) is 0 Å². The van der Waals surface area contributed by atoms with Crippen LogP contribution in [0.1, 0.15) is 15.9 Å². The highest BCUT2D eigenvalue weighted by Crippen LogP contribution is 2.14. The van der Waals surface area contributed by atoms with E-state index in [1.807, 2.05) is 12.1 Å². The Morgan fingerprint density at radius 3 is 2.95 bits per heavy atom. The molecule has 0 aliphatic rings. The number of hydrogen-bond acceptors (Lipinski definition) is 3. The van der Waals surface area contributed by atoms with Crippen LogP contribution in [0.2, 0.25) is 0 Å². The van der Waals surface area contributed by atoms with Gasteiger partial charge in [0.1, 0.15) is 11.3 Å². The van der Waals surface area contributed by atoms with Gasteiger partial charge in [0.15, 0.2) is 0 Å². The molecule has 0 fully saturated rings. The molecule has 1 amide bonds. The number of rotatable bonds is 5. The largest absolute Gasteiger partial charge is 0.482 e. The molecule has 1 aromatic heterocycles. The first kappa shape index (κ1) is 13.5. The number of hydrogen-bond donors (Lipinski definition) is 1. The van der Waals surface area contributed by atoms with Gasteiger partial charge in [-0.3, -0.25) is 9.78 Å². The van der Waals surface area contributed by atoms with Crippen molar-refractivity contribution in [2.75, 3.05) is 5.52 Å². The standard InChI is InChI=1S/C14H13BrN2O2/c15-10-19-13-5-1-4-12(7-13)14(18)17-9-11-3-2-6-16-8-11/h1-8H,9-10H2,(H,17,18). The Bertz CT molecular complexity index is 546. The molecule has 2 aromatic rings. The highest BCUT2D eigenvalue weighted by atomic mass is 79.9. The Labute approximate surface area is 119 Å². The minimum absolute atomic E-state index is 0.135. The van der Waals surface area contributed by atoms with Gasteiger partial charge in [-0.15, -0.1) is 0 Å². The Morgan fingerprint density at radius 2 is 2.21 bits per heavy atom. The Morgan fingerprint density at radius 1 is 1.32 bits per heavy atom. The average Bonchev–Trinajstić information content (AvgIpc) is 2.46. The fourth-order valence-corrected chi connectivity index (χ4v) is 1.84. The van der Waals surface area contributed by atoms with Crippen molar-refractivity contribution in [3.05, 3.63) is 59.9 Å². The number of carbonyl (C=O) groups is 1. The number of nitrogens with zero attached hydrogens (tertiary/aromatic N) is 1. The number of benzene rings is 1. The van der Waals surface area contributed by atoms with Crippen LogP contribution in [0.3, 0.4) is 0 Å². The summed E-state index contributed by atoms with van der Waals surface area (Å²) in [6.45, 7) is 0.455. The van der Waals surface area contributed by atoms with Gasteiger partial charge in [-0.25, -0.2) is 0 Å². The van der Waals surface area contributed by atoms with E-state index in [4.69, 9.17) is 4.74 Å². The van der Waals surface area contributed by atoms with Crippen LogP contribution in [0, 0.1) is 0 Å². The third-order valence-electron chi connectivity index (χ3n) is 2.49. The lowest BCUT2D eigenvalue weighted by Crippen LogP contribution is -2.22. The summed E-state index contributed by atoms with van der Waals surface area (Å²) >= 11 is 3.18. The van der Waals surface area contributed by atoms with Gasteiger partial charge in [-0.2, -0.15) is 0 Å². The normalized spacial score (nSPS) is 9.95. The van der Waals surface area contributed by atoms with Gasteiger partial charge in [0.05, 0.1) is 0 Å². The fraction of sp³-hybridized carbons (Fsp3) is 0.143. The third kappa shape index (κ3) is 4.06. The molecule has 2 rings (SSSR count). The monoisotopic (exact) mass is 320 g/mol. The molecule has 0 unspecified atom stereocenters. The van der Waals surface area contributed by atoms with Gasteiger partial charge in [-0.05, 0) is 45.8 Å². The summed E-state index contributed by atoms with van der Waals surface area (Å²) in [5, 5.41) is 2.84. The summed E-state index contributed by atoms with van der Waals surface area (Å²) in [5.41, 5.74) is 1.93. The van der Waals surface area contributed by atoms with Crippen molar-refractivity contribution in [3.8, 4) is 5.75 Å². The first-order valence-corrected chi connectivity index (χ1v) is 6.87. The molecule has 4 nitrogen and oxygen atoms in total. The number of alkyl halides is 1. The molecule has 5 heteroatoms. The van der Waals surface area contributed by atoms with Crippen molar-refractivity contribution in [2.45, 2.75) is 6.54 Å². The minimum Gasteiger partial charge on any atom is -0.482 e. The lowest BCUT2D eigenvalue weighted by molar-refractivity contribution is 0.0950. The molecular formula is C14H13BrN2O2. The quantitative estimate of drug-likeness (QED) is 0.862. The number of pyridine rings is 1. The molecule has 98 valence electrons. The molecule has 19 heavy (non-hydrogen) atoms. The summed E-state index contributed by atoms with van der Waals surface area (Å²) in [4.78, 5) is 16.0. The van der Waals surface area contributed by atoms with Crippen LogP contribution in [0.25, 0.3) is 0 Å². The first-order valence-electron chi connectivity index (χ1n) is 5.75. The summed E-state index contributed by atoms with van der Waals surface area (Å²) in [7, 11) is 0. The van der Waals surface area contributed by atoms with Crippen LogP contribution in [0.4, 0.5) is 0 Å². The molecule has 0 saturated heterocycles. The zero-order valence-corrected chi connectivity index (χ0v) is 11.8. The minimum atomic E-state index is -0.135. The number of ether oxygens (including phenoxy) is 1. The smallest absolute Gasteiger partial charge is 0.251 e. The molecule has 0 aliphatic carbocycles. The maximum absolute atomic E-state index is 12.0. The summed E-state index contributed by atoms with van der Waals surface area (Å²) in [6.07, 6.45) is 3.43. The molecule has 0 spiro atoms. The number of carbonyl (C=O) groups excluding carboxylic acids is 1. The van der Waals surface area contributed by atoms with Crippen LogP contribution in [-0.2, 0) is 6.54 Å². The Balaban J connectivity index is 1.98. The highest BCUT2D eigenvalue weighted by molar-refractivity contribution is 9.09. The fourth-order valence-electron chi connectivity index (χ4n) is 1.58. The van der Waals surface area contributed by atoms with E-state index >= 15 is 0 Å². The van der Waals surface area contributed by atoms with E-state index in [0.717, 1.165) is 5.56 Å². The zero-order chi connectivity index (χ0) is 13.5. The van der Waals surface area contributed by atoms with E-state index in [1.54, 1.807) is 36.7 Å². The van der Waals surface area contributed by atoms with Crippen molar-refractivity contribution in [3.63, 3.8) is 0 Å². The molecule has 0 saturated carbocycles. The summed E-state index contributed by atoms with van der Waals surface area (Å²) in [6, 6.07) is 10.8. The second-order valence-corrected chi connectivity index (χ2v) is 4.28. The van der Waals surface area contributed by atoms with Gasteiger partial charge < -0.3 is 10.1 Å². The van der Waals surface area contributed by atoms with E-state index in [1.165, 1.54) is 0 Å². The second-order valence-electron chi connectivity index (χ2n) is 3.83. The molecule has 1 aromatic carbocycles. The van der Waals surface area contributed by atoms with Crippen LogP contribution >= 0.6 is 15.9 Å². The van der Waals surface area contributed by atoms with Crippen molar-refractivity contribution < 1.29 is 9.53 Å². The van der Waals surface area contributed by atoms with Gasteiger partial charge in [0.25, 0.3) is 5.91 Å². The Kier molecular flexibility index (Phi) is 4.92.